The molecule has 0 saturated carbocycles. The molecule has 0 fully saturated rings. The first-order valence-corrected chi connectivity index (χ1v) is 10.5. The third-order valence-corrected chi connectivity index (χ3v) is 4.97. The molecule has 26 heavy (non-hydrogen) atoms. The highest BCUT2D eigenvalue weighted by Gasteiger charge is 2.11. The number of imidazole rings is 1. The van der Waals surface area contributed by atoms with E-state index in [2.05, 4.69) is 16.5 Å². The molecule has 0 amide bonds. The topological polar surface area (TPSA) is 41.9 Å². The summed E-state index contributed by atoms with van der Waals surface area (Å²) in [5.41, 5.74) is 0. The Kier molecular flexibility index (Phi) is 9.84. The molecule has 0 aliphatic rings. The van der Waals surface area contributed by atoms with Crippen LogP contribution in [0.4, 0.5) is 0 Å². The molecule has 0 aromatic carbocycles. The molecule has 2 rings (SSSR count). The predicted molar refractivity (Wildman–Crippen MR) is 107 cm³/mol. The number of aromatic nitrogens is 3. The largest absolute Gasteiger partial charge is 0.503 e. The van der Waals surface area contributed by atoms with E-state index in [9.17, 15) is 5.11 Å². The highest BCUT2D eigenvalue weighted by molar-refractivity contribution is 5.37. The molecule has 0 spiro atoms. The summed E-state index contributed by atoms with van der Waals surface area (Å²) in [4.78, 5) is 4.23. The lowest BCUT2D eigenvalue weighted by Gasteiger charge is -2.02. The van der Waals surface area contributed by atoms with Crippen LogP contribution in [0.2, 0.25) is 0 Å². The van der Waals surface area contributed by atoms with Crippen LogP contribution >= 0.6 is 0 Å². The van der Waals surface area contributed by atoms with Crippen LogP contribution < -0.4 is 4.57 Å². The van der Waals surface area contributed by atoms with Crippen molar-refractivity contribution in [3.63, 3.8) is 0 Å². The molecular formula is C22H36N3O+. The molecule has 0 bridgehead atoms. The van der Waals surface area contributed by atoms with Crippen molar-refractivity contribution in [1.82, 2.24) is 9.55 Å². The van der Waals surface area contributed by atoms with Crippen molar-refractivity contribution in [2.75, 3.05) is 0 Å². The van der Waals surface area contributed by atoms with Gasteiger partial charge in [-0.2, -0.15) is 4.57 Å². The SMILES string of the molecule is CCCCCCCCCCCCCC[n+]1ccn(-c2ncccc2O)c1. The van der Waals surface area contributed by atoms with Crippen molar-refractivity contribution < 1.29 is 9.67 Å². The Morgan fingerprint density at radius 2 is 1.54 bits per heavy atom. The Morgan fingerprint density at radius 3 is 2.15 bits per heavy atom. The molecule has 0 saturated heterocycles. The maximum atomic E-state index is 9.87. The lowest BCUT2D eigenvalue weighted by Crippen LogP contribution is -2.30. The first kappa shape index (κ1) is 20.5. The first-order chi connectivity index (χ1) is 12.8. The minimum absolute atomic E-state index is 0.209. The maximum Gasteiger partial charge on any atom is 0.268 e. The Labute approximate surface area is 158 Å². The Morgan fingerprint density at radius 1 is 0.923 bits per heavy atom. The third kappa shape index (κ3) is 7.59. The van der Waals surface area contributed by atoms with E-state index >= 15 is 0 Å². The van der Waals surface area contributed by atoms with Gasteiger partial charge in [0.1, 0.15) is 12.4 Å². The number of aryl methyl sites for hydroxylation is 1. The van der Waals surface area contributed by atoms with Gasteiger partial charge in [0.25, 0.3) is 5.82 Å². The van der Waals surface area contributed by atoms with Crippen molar-refractivity contribution >= 4 is 0 Å². The molecule has 0 unspecified atom stereocenters. The van der Waals surface area contributed by atoms with Gasteiger partial charge in [0.15, 0.2) is 5.75 Å². The van der Waals surface area contributed by atoms with Gasteiger partial charge in [0.05, 0.1) is 6.54 Å². The molecule has 0 radical (unpaired) electrons. The van der Waals surface area contributed by atoms with Gasteiger partial charge in [-0.15, -0.1) is 0 Å². The van der Waals surface area contributed by atoms with E-state index < -0.39 is 0 Å². The molecule has 0 aliphatic heterocycles. The van der Waals surface area contributed by atoms with Crippen LogP contribution in [0.25, 0.3) is 5.82 Å². The maximum absolute atomic E-state index is 9.87. The third-order valence-electron chi connectivity index (χ3n) is 4.97. The summed E-state index contributed by atoms with van der Waals surface area (Å²) in [5, 5.41) is 9.87. The fourth-order valence-corrected chi connectivity index (χ4v) is 3.37. The van der Waals surface area contributed by atoms with Crippen molar-refractivity contribution in [3.05, 3.63) is 37.1 Å². The zero-order chi connectivity index (χ0) is 18.5. The van der Waals surface area contributed by atoms with Gasteiger partial charge in [0, 0.05) is 6.20 Å². The first-order valence-electron chi connectivity index (χ1n) is 10.5. The molecule has 4 heteroatoms. The summed E-state index contributed by atoms with van der Waals surface area (Å²) in [5.74, 6) is 0.793. The average Bonchev–Trinajstić information content (AvgIpc) is 3.11. The van der Waals surface area contributed by atoms with Crippen LogP contribution in [0, 0.1) is 0 Å². The smallest absolute Gasteiger partial charge is 0.268 e. The Balaban J connectivity index is 1.50. The molecule has 2 aromatic heterocycles. The molecule has 144 valence electrons. The standard InChI is InChI=1S/C22H35N3O/c1-2-3-4-5-6-7-8-9-10-11-12-13-17-24-18-19-25(20-24)22-21(26)15-14-16-23-22/h14-16,18-20H,2-13,17H2,1H3/p+1. The van der Waals surface area contributed by atoms with Crippen LogP contribution in [0.5, 0.6) is 5.75 Å². The molecule has 0 aliphatic carbocycles. The molecule has 1 N–H and O–H groups in total. The molecule has 2 heterocycles. The summed E-state index contributed by atoms with van der Waals surface area (Å²) in [6.07, 6.45) is 24.2. The number of unbranched alkanes of at least 4 members (excludes halogenated alkanes) is 11. The zero-order valence-electron chi connectivity index (χ0n) is 16.4. The molecule has 0 atom stereocenters. The van der Waals surface area contributed by atoms with Gasteiger partial charge in [-0.25, -0.2) is 9.55 Å². The van der Waals surface area contributed by atoms with E-state index in [0.717, 1.165) is 6.54 Å². The number of hydrogen-bond acceptors (Lipinski definition) is 2. The van der Waals surface area contributed by atoms with Gasteiger partial charge >= 0.3 is 0 Å². The Bertz CT molecular complexity index is 609. The highest BCUT2D eigenvalue weighted by atomic mass is 16.3. The van der Waals surface area contributed by atoms with Crippen molar-refractivity contribution in [1.29, 1.82) is 0 Å². The fraction of sp³-hybridized carbons (Fsp3) is 0.636. The zero-order valence-corrected chi connectivity index (χ0v) is 16.4. The monoisotopic (exact) mass is 358 g/mol. The second-order valence-corrected chi connectivity index (χ2v) is 7.29. The van der Waals surface area contributed by atoms with E-state index in [4.69, 9.17) is 0 Å². The quantitative estimate of drug-likeness (QED) is 0.354. The predicted octanol–water partition coefficient (Wildman–Crippen LogP) is 5.57. The second kappa shape index (κ2) is 12.5. The van der Waals surface area contributed by atoms with Gasteiger partial charge in [0.2, 0.25) is 6.33 Å². The van der Waals surface area contributed by atoms with Gasteiger partial charge < -0.3 is 5.11 Å². The van der Waals surface area contributed by atoms with E-state index in [0.29, 0.717) is 5.82 Å². The summed E-state index contributed by atoms with van der Waals surface area (Å²) < 4.78 is 4.04. The number of nitrogens with zero attached hydrogens (tertiary/aromatic N) is 3. The van der Waals surface area contributed by atoms with Crippen molar-refractivity contribution in [3.8, 4) is 11.6 Å². The Hall–Kier alpha value is -1.84. The minimum Gasteiger partial charge on any atom is -0.503 e. The number of hydrogen-bond donors (Lipinski definition) is 1. The van der Waals surface area contributed by atoms with Gasteiger partial charge in [-0.3, -0.25) is 0 Å². The lowest BCUT2D eigenvalue weighted by molar-refractivity contribution is -0.696. The number of pyridine rings is 1. The normalized spacial score (nSPS) is 11.1. The second-order valence-electron chi connectivity index (χ2n) is 7.29. The van der Waals surface area contributed by atoms with Gasteiger partial charge in [-0.1, -0.05) is 71.1 Å². The van der Waals surface area contributed by atoms with Crippen LogP contribution in [-0.4, -0.2) is 14.7 Å². The number of rotatable bonds is 14. The summed E-state index contributed by atoms with van der Waals surface area (Å²) >= 11 is 0. The van der Waals surface area contributed by atoms with Crippen molar-refractivity contribution in [2.24, 2.45) is 0 Å². The van der Waals surface area contributed by atoms with Crippen LogP contribution in [0.3, 0.4) is 0 Å². The summed E-state index contributed by atoms with van der Waals surface area (Å²) in [6.45, 7) is 3.30. The number of aromatic hydroxyl groups is 1. The fourth-order valence-electron chi connectivity index (χ4n) is 3.37. The van der Waals surface area contributed by atoms with Gasteiger partial charge in [-0.05, 0) is 25.0 Å². The molecule has 4 nitrogen and oxygen atoms in total. The average molecular weight is 359 g/mol. The molecule has 2 aromatic rings. The van der Waals surface area contributed by atoms with Crippen LogP contribution in [0.15, 0.2) is 37.1 Å². The lowest BCUT2D eigenvalue weighted by atomic mass is 10.1. The van der Waals surface area contributed by atoms with Crippen LogP contribution in [-0.2, 0) is 6.54 Å². The van der Waals surface area contributed by atoms with E-state index in [1.165, 1.54) is 77.0 Å². The van der Waals surface area contributed by atoms with E-state index in [1.54, 1.807) is 18.3 Å². The molecular weight excluding hydrogens is 322 g/mol. The van der Waals surface area contributed by atoms with E-state index in [-0.39, 0.29) is 5.75 Å². The minimum atomic E-state index is 0.209. The van der Waals surface area contributed by atoms with Crippen LogP contribution in [0.1, 0.15) is 84.0 Å². The highest BCUT2D eigenvalue weighted by Crippen LogP contribution is 2.16. The van der Waals surface area contributed by atoms with Crippen molar-refractivity contribution in [2.45, 2.75) is 90.5 Å². The van der Waals surface area contributed by atoms with E-state index in [1.807, 2.05) is 23.3 Å². The summed E-state index contributed by atoms with van der Waals surface area (Å²) in [7, 11) is 0. The summed E-state index contributed by atoms with van der Waals surface area (Å²) in [6, 6.07) is 3.40.